The molecular weight excluding hydrogens is 212 g/mol. The molecule has 0 aliphatic carbocycles. The van der Waals surface area contributed by atoms with Crippen LogP contribution in [0.15, 0.2) is 42.5 Å². The highest BCUT2D eigenvalue weighted by Crippen LogP contribution is 2.39. The third kappa shape index (κ3) is 0.929. The van der Waals surface area contributed by atoms with Crippen molar-refractivity contribution >= 4 is 38.3 Å². The fraction of sp³-hybridized carbons (Fsp3) is 0. The predicted octanol–water partition coefficient (Wildman–Crippen LogP) is 3.72. The van der Waals surface area contributed by atoms with Gasteiger partial charge in [0.05, 0.1) is 5.56 Å². The number of carbonyl (C=O) groups is 1. The van der Waals surface area contributed by atoms with Crippen LogP contribution in [-0.4, -0.2) is 11.1 Å². The fourth-order valence-corrected chi connectivity index (χ4v) is 2.64. The molecule has 0 saturated heterocycles. The number of hydrogen-bond acceptors (Lipinski definition) is 1. The Hall–Kier alpha value is -2.35. The first-order valence-electron chi connectivity index (χ1n) is 5.49. The molecule has 4 aromatic carbocycles. The molecule has 4 rings (SSSR count). The molecule has 0 fully saturated rings. The first kappa shape index (κ1) is 8.76. The molecular formula is C15H8O2. The summed E-state index contributed by atoms with van der Waals surface area (Å²) in [6.45, 7) is 0. The third-order valence-corrected chi connectivity index (χ3v) is 3.52. The van der Waals surface area contributed by atoms with Gasteiger partial charge in [0, 0.05) is 0 Å². The third-order valence-electron chi connectivity index (χ3n) is 3.52. The Kier molecular flexibility index (Phi) is 1.37. The molecule has 0 unspecified atom stereocenters. The van der Waals surface area contributed by atoms with Gasteiger partial charge in [0.2, 0.25) is 0 Å². The van der Waals surface area contributed by atoms with Gasteiger partial charge in [0.15, 0.2) is 0 Å². The molecule has 0 atom stereocenters. The van der Waals surface area contributed by atoms with E-state index in [9.17, 15) is 4.79 Å². The van der Waals surface area contributed by atoms with Crippen LogP contribution in [0.3, 0.4) is 0 Å². The van der Waals surface area contributed by atoms with E-state index in [0.29, 0.717) is 5.56 Å². The van der Waals surface area contributed by atoms with E-state index in [1.807, 2.05) is 18.2 Å². The van der Waals surface area contributed by atoms with Gasteiger partial charge in [-0.05, 0) is 50.5 Å². The summed E-state index contributed by atoms with van der Waals surface area (Å²) in [6, 6.07) is 14.0. The minimum Gasteiger partial charge on any atom is -0.478 e. The van der Waals surface area contributed by atoms with Gasteiger partial charge in [0.1, 0.15) is 0 Å². The minimum atomic E-state index is -0.843. The normalized spacial score (nSPS) is 12.0. The number of fused-ring (bicyclic) bond motifs is 5. The van der Waals surface area contributed by atoms with E-state index >= 15 is 0 Å². The van der Waals surface area contributed by atoms with Gasteiger partial charge in [0.25, 0.3) is 0 Å². The van der Waals surface area contributed by atoms with Crippen molar-refractivity contribution in [2.45, 2.75) is 0 Å². The first-order chi connectivity index (χ1) is 8.25. The van der Waals surface area contributed by atoms with E-state index in [2.05, 4.69) is 18.2 Å². The predicted molar refractivity (Wildman–Crippen MR) is 68.3 cm³/mol. The number of hydrogen-bond donors (Lipinski definition) is 1. The van der Waals surface area contributed by atoms with Crippen molar-refractivity contribution in [1.29, 1.82) is 0 Å². The lowest BCUT2D eigenvalue weighted by atomic mass is 9.88. The van der Waals surface area contributed by atoms with Gasteiger partial charge in [-0.15, -0.1) is 0 Å². The smallest absolute Gasteiger partial charge is 0.336 e. The van der Waals surface area contributed by atoms with Crippen molar-refractivity contribution in [3.8, 4) is 0 Å². The maximum atomic E-state index is 10.9. The van der Waals surface area contributed by atoms with Crippen LogP contribution in [0.2, 0.25) is 0 Å². The van der Waals surface area contributed by atoms with Crippen molar-refractivity contribution in [2.24, 2.45) is 0 Å². The van der Waals surface area contributed by atoms with Gasteiger partial charge >= 0.3 is 5.97 Å². The summed E-state index contributed by atoms with van der Waals surface area (Å²) in [7, 11) is 0. The Morgan fingerprint density at radius 1 is 0.824 bits per heavy atom. The largest absolute Gasteiger partial charge is 0.478 e. The molecule has 17 heavy (non-hydrogen) atoms. The molecule has 0 spiro atoms. The Morgan fingerprint density at radius 3 is 2.12 bits per heavy atom. The van der Waals surface area contributed by atoms with E-state index in [-0.39, 0.29) is 0 Å². The number of benzene rings is 2. The van der Waals surface area contributed by atoms with Crippen LogP contribution in [0.1, 0.15) is 10.4 Å². The molecule has 2 heteroatoms. The maximum absolute atomic E-state index is 10.9. The van der Waals surface area contributed by atoms with Crippen LogP contribution < -0.4 is 0 Å². The average molecular weight is 220 g/mol. The second-order valence-electron chi connectivity index (χ2n) is 4.39. The molecule has 1 N–H and O–H groups in total. The second kappa shape index (κ2) is 2.66. The van der Waals surface area contributed by atoms with Crippen molar-refractivity contribution in [1.82, 2.24) is 0 Å². The molecule has 0 amide bonds. The zero-order valence-corrected chi connectivity index (χ0v) is 8.90. The van der Waals surface area contributed by atoms with Gasteiger partial charge in [-0.25, -0.2) is 4.79 Å². The Balaban J connectivity index is 2.11. The number of carboxylic acid groups (broad SMARTS) is 1. The van der Waals surface area contributed by atoms with E-state index in [4.69, 9.17) is 5.11 Å². The highest BCUT2D eigenvalue weighted by molar-refractivity contribution is 6.29. The zero-order chi connectivity index (χ0) is 11.6. The molecule has 4 aromatic rings. The number of aromatic carboxylic acids is 1. The summed E-state index contributed by atoms with van der Waals surface area (Å²) in [5, 5.41) is 15.8. The summed E-state index contributed by atoms with van der Waals surface area (Å²) >= 11 is 0. The molecule has 0 heterocycles. The van der Waals surface area contributed by atoms with Crippen molar-refractivity contribution in [3.05, 3.63) is 48.0 Å². The molecule has 0 aliphatic rings. The highest BCUT2D eigenvalue weighted by atomic mass is 16.4. The summed E-state index contributed by atoms with van der Waals surface area (Å²) in [5.74, 6) is -0.843. The van der Waals surface area contributed by atoms with Crippen molar-refractivity contribution in [3.63, 3.8) is 0 Å². The summed E-state index contributed by atoms with van der Waals surface area (Å²) in [6.07, 6.45) is 0. The first-order valence-corrected chi connectivity index (χ1v) is 5.49. The molecule has 0 aliphatic heterocycles. The Bertz CT molecular complexity index is 861. The lowest BCUT2D eigenvalue weighted by molar-refractivity contribution is 0.0698. The van der Waals surface area contributed by atoms with E-state index in [1.165, 1.54) is 21.5 Å². The van der Waals surface area contributed by atoms with Crippen LogP contribution in [0.5, 0.6) is 0 Å². The van der Waals surface area contributed by atoms with E-state index < -0.39 is 5.97 Å². The van der Waals surface area contributed by atoms with Crippen LogP contribution in [0.25, 0.3) is 32.3 Å². The van der Waals surface area contributed by atoms with Crippen LogP contribution in [-0.2, 0) is 0 Å². The topological polar surface area (TPSA) is 37.3 Å². The highest BCUT2D eigenvalue weighted by Gasteiger charge is 2.17. The van der Waals surface area contributed by atoms with Crippen molar-refractivity contribution in [2.75, 3.05) is 0 Å². The van der Waals surface area contributed by atoms with Crippen LogP contribution >= 0.6 is 0 Å². The fourth-order valence-electron chi connectivity index (χ4n) is 2.64. The summed E-state index contributed by atoms with van der Waals surface area (Å²) < 4.78 is 0. The molecule has 0 radical (unpaired) electrons. The van der Waals surface area contributed by atoms with Crippen LogP contribution in [0.4, 0.5) is 0 Å². The standard InChI is InChI=1S/C15H8O2/c16-15(17)14-6-8-5-12-9-3-1-2-4-10(9)13(12)7-11(8)14/h1-7H,(H,16,17). The molecule has 80 valence electrons. The quantitative estimate of drug-likeness (QED) is 0.530. The average Bonchev–Trinajstić information content (AvgIpc) is 2.27. The second-order valence-corrected chi connectivity index (χ2v) is 4.39. The molecule has 0 saturated carbocycles. The monoisotopic (exact) mass is 220 g/mol. The van der Waals surface area contributed by atoms with Gasteiger partial charge in [-0.1, -0.05) is 24.3 Å². The van der Waals surface area contributed by atoms with E-state index in [0.717, 1.165) is 10.8 Å². The van der Waals surface area contributed by atoms with Crippen molar-refractivity contribution < 1.29 is 9.90 Å². The number of rotatable bonds is 1. The lowest BCUT2D eigenvalue weighted by Crippen LogP contribution is -2.01. The Morgan fingerprint density at radius 2 is 1.47 bits per heavy atom. The van der Waals surface area contributed by atoms with E-state index in [1.54, 1.807) is 6.07 Å². The van der Waals surface area contributed by atoms with Gasteiger partial charge in [-0.2, -0.15) is 0 Å². The zero-order valence-electron chi connectivity index (χ0n) is 8.90. The Labute approximate surface area is 96.8 Å². The summed E-state index contributed by atoms with van der Waals surface area (Å²) in [4.78, 5) is 10.9. The van der Waals surface area contributed by atoms with Crippen LogP contribution in [0, 0.1) is 0 Å². The lowest BCUT2D eigenvalue weighted by Gasteiger charge is -2.15. The molecule has 0 aromatic heterocycles. The number of carboxylic acids is 1. The SMILES string of the molecule is O=C(O)c1cc2cc3c4ccccc4c3cc12. The minimum absolute atomic E-state index is 0.423. The van der Waals surface area contributed by atoms with Gasteiger partial charge < -0.3 is 5.11 Å². The van der Waals surface area contributed by atoms with Gasteiger partial charge in [-0.3, -0.25) is 0 Å². The maximum Gasteiger partial charge on any atom is 0.336 e. The summed E-state index contributed by atoms with van der Waals surface area (Å²) in [5.41, 5.74) is 0.423. The molecule has 2 nitrogen and oxygen atoms in total. The molecule has 0 bridgehead atoms.